The number of aryl methyl sites for hydroxylation is 1. The molecule has 6 heteroatoms. The summed E-state index contributed by atoms with van der Waals surface area (Å²) in [6, 6.07) is 9.34. The van der Waals surface area contributed by atoms with Crippen LogP contribution in [0.1, 0.15) is 53.8 Å². The van der Waals surface area contributed by atoms with Gasteiger partial charge in [-0.1, -0.05) is 31.2 Å². The van der Waals surface area contributed by atoms with E-state index in [9.17, 15) is 4.79 Å². The van der Waals surface area contributed by atoms with Gasteiger partial charge in [0.2, 0.25) is 5.82 Å². The van der Waals surface area contributed by atoms with Gasteiger partial charge in [-0.2, -0.15) is 0 Å². The van der Waals surface area contributed by atoms with Crippen LogP contribution in [0.25, 0.3) is 0 Å². The predicted molar refractivity (Wildman–Crippen MR) is 107 cm³/mol. The average molecular weight is 380 g/mol. The van der Waals surface area contributed by atoms with E-state index in [2.05, 4.69) is 56.2 Å². The van der Waals surface area contributed by atoms with Crippen molar-refractivity contribution in [3.8, 4) is 0 Å². The van der Waals surface area contributed by atoms with Crippen LogP contribution >= 0.6 is 0 Å². The maximum absolute atomic E-state index is 12.6. The molecule has 1 saturated carbocycles. The Morgan fingerprint density at radius 1 is 1.07 bits per heavy atom. The number of fused-ring (bicyclic) bond motifs is 2. The SMILES string of the molecule is CCc1ccc(CN2C[C@H]3Cc4nnc(C(=O)NC5CCC5)n4C[C@H]3C2)cc1. The molecule has 1 aliphatic carbocycles. The highest BCUT2D eigenvalue weighted by molar-refractivity contribution is 5.91. The van der Waals surface area contributed by atoms with Crippen LogP contribution in [0.4, 0.5) is 0 Å². The summed E-state index contributed by atoms with van der Waals surface area (Å²) in [4.78, 5) is 15.1. The average Bonchev–Trinajstić information content (AvgIpc) is 3.25. The highest BCUT2D eigenvalue weighted by atomic mass is 16.2. The lowest BCUT2D eigenvalue weighted by Gasteiger charge is -2.28. The van der Waals surface area contributed by atoms with Crippen LogP contribution in [0.2, 0.25) is 0 Å². The van der Waals surface area contributed by atoms with Crippen molar-refractivity contribution >= 4 is 5.91 Å². The van der Waals surface area contributed by atoms with Crippen molar-refractivity contribution in [1.82, 2.24) is 25.0 Å². The molecule has 2 fully saturated rings. The van der Waals surface area contributed by atoms with Crippen LogP contribution in [0, 0.1) is 11.8 Å². The molecule has 0 spiro atoms. The Hall–Kier alpha value is -2.21. The molecule has 0 bridgehead atoms. The van der Waals surface area contributed by atoms with E-state index in [-0.39, 0.29) is 5.91 Å². The molecule has 1 aromatic heterocycles. The summed E-state index contributed by atoms with van der Waals surface area (Å²) in [6.45, 7) is 6.26. The Labute approximate surface area is 166 Å². The minimum absolute atomic E-state index is 0.0484. The van der Waals surface area contributed by atoms with Crippen molar-refractivity contribution in [2.24, 2.45) is 11.8 Å². The summed E-state index contributed by atoms with van der Waals surface area (Å²) in [5.41, 5.74) is 2.78. The second-order valence-electron chi connectivity index (χ2n) is 8.74. The van der Waals surface area contributed by atoms with Crippen LogP contribution in [0.3, 0.4) is 0 Å². The van der Waals surface area contributed by atoms with Crippen molar-refractivity contribution in [2.45, 2.75) is 58.2 Å². The first-order chi connectivity index (χ1) is 13.7. The number of nitrogens with one attached hydrogen (secondary N) is 1. The van der Waals surface area contributed by atoms with Crippen molar-refractivity contribution in [2.75, 3.05) is 13.1 Å². The molecule has 2 aromatic rings. The van der Waals surface area contributed by atoms with E-state index in [0.717, 1.165) is 57.7 Å². The van der Waals surface area contributed by atoms with Gasteiger partial charge in [0.1, 0.15) is 5.82 Å². The lowest BCUT2D eigenvalue weighted by atomic mass is 9.89. The highest BCUT2D eigenvalue weighted by Gasteiger charge is 2.39. The lowest BCUT2D eigenvalue weighted by molar-refractivity contribution is 0.0898. The van der Waals surface area contributed by atoms with E-state index in [4.69, 9.17) is 0 Å². The molecule has 3 heterocycles. The number of amides is 1. The van der Waals surface area contributed by atoms with Gasteiger partial charge >= 0.3 is 0 Å². The largest absolute Gasteiger partial charge is 0.347 e. The molecule has 3 aliphatic rings. The summed E-state index contributed by atoms with van der Waals surface area (Å²) in [5, 5.41) is 11.7. The van der Waals surface area contributed by atoms with Gasteiger partial charge in [0, 0.05) is 38.6 Å². The number of aromatic nitrogens is 3. The van der Waals surface area contributed by atoms with Gasteiger partial charge in [0.25, 0.3) is 5.91 Å². The molecule has 2 atom stereocenters. The summed E-state index contributed by atoms with van der Waals surface area (Å²) < 4.78 is 2.08. The van der Waals surface area contributed by atoms with Crippen LogP contribution in [0.5, 0.6) is 0 Å². The smallest absolute Gasteiger partial charge is 0.289 e. The molecular weight excluding hydrogens is 350 g/mol. The minimum Gasteiger partial charge on any atom is -0.347 e. The first kappa shape index (κ1) is 17.9. The maximum Gasteiger partial charge on any atom is 0.289 e. The zero-order valence-corrected chi connectivity index (χ0v) is 16.6. The van der Waals surface area contributed by atoms with Gasteiger partial charge in [-0.05, 0) is 48.6 Å². The standard InChI is InChI=1S/C22H29N5O/c1-2-15-6-8-16(9-7-15)11-26-12-17-10-20-24-25-21(27(20)14-18(17)13-26)22(28)23-19-4-3-5-19/h6-9,17-19H,2-5,10-14H2,1H3,(H,23,28)/t17-,18-/m1/s1. The van der Waals surface area contributed by atoms with Gasteiger partial charge < -0.3 is 9.88 Å². The summed E-state index contributed by atoms with van der Waals surface area (Å²) in [5.74, 6) is 2.64. The first-order valence-electron chi connectivity index (χ1n) is 10.7. The van der Waals surface area contributed by atoms with Gasteiger partial charge in [-0.3, -0.25) is 9.69 Å². The topological polar surface area (TPSA) is 63.1 Å². The zero-order valence-electron chi connectivity index (χ0n) is 16.6. The summed E-state index contributed by atoms with van der Waals surface area (Å²) in [7, 11) is 0. The minimum atomic E-state index is -0.0484. The van der Waals surface area contributed by atoms with Crippen molar-refractivity contribution in [3.63, 3.8) is 0 Å². The zero-order chi connectivity index (χ0) is 19.1. The summed E-state index contributed by atoms with van der Waals surface area (Å²) >= 11 is 0. The van der Waals surface area contributed by atoms with Gasteiger partial charge in [-0.25, -0.2) is 0 Å². The predicted octanol–water partition coefficient (Wildman–Crippen LogP) is 2.43. The number of carbonyl (C=O) groups excluding carboxylic acids is 1. The number of likely N-dealkylation sites (tertiary alicyclic amines) is 1. The van der Waals surface area contributed by atoms with E-state index >= 15 is 0 Å². The molecule has 1 amide bonds. The third kappa shape index (κ3) is 3.34. The molecule has 5 rings (SSSR count). The molecule has 28 heavy (non-hydrogen) atoms. The Kier molecular flexibility index (Phi) is 4.67. The number of nitrogens with zero attached hydrogens (tertiary/aromatic N) is 4. The second kappa shape index (κ2) is 7.32. The van der Waals surface area contributed by atoms with Gasteiger partial charge in [-0.15, -0.1) is 10.2 Å². The number of hydrogen-bond acceptors (Lipinski definition) is 4. The normalized spacial score (nSPS) is 24.5. The Bertz CT molecular complexity index is 854. The third-order valence-corrected chi connectivity index (χ3v) is 6.82. The van der Waals surface area contributed by atoms with Crippen LogP contribution in [-0.4, -0.2) is 44.7 Å². The number of carbonyl (C=O) groups is 1. The fourth-order valence-electron chi connectivity index (χ4n) is 4.86. The van der Waals surface area contributed by atoms with Crippen molar-refractivity contribution in [1.29, 1.82) is 0 Å². The Morgan fingerprint density at radius 3 is 2.54 bits per heavy atom. The fraction of sp³-hybridized carbons (Fsp3) is 0.591. The summed E-state index contributed by atoms with van der Waals surface area (Å²) in [6.07, 6.45) is 5.41. The lowest BCUT2D eigenvalue weighted by Crippen LogP contribution is -2.41. The molecule has 6 nitrogen and oxygen atoms in total. The molecule has 2 aliphatic heterocycles. The highest BCUT2D eigenvalue weighted by Crippen LogP contribution is 2.33. The Morgan fingerprint density at radius 2 is 1.82 bits per heavy atom. The van der Waals surface area contributed by atoms with Crippen LogP contribution in [-0.2, 0) is 25.9 Å². The molecule has 1 aromatic carbocycles. The second-order valence-corrected chi connectivity index (χ2v) is 8.74. The van der Waals surface area contributed by atoms with Crippen LogP contribution in [0.15, 0.2) is 24.3 Å². The monoisotopic (exact) mass is 379 g/mol. The van der Waals surface area contributed by atoms with Crippen molar-refractivity contribution in [3.05, 3.63) is 47.0 Å². The Balaban J connectivity index is 1.24. The molecule has 0 radical (unpaired) electrons. The number of benzene rings is 1. The van der Waals surface area contributed by atoms with Gasteiger partial charge in [0.05, 0.1) is 0 Å². The van der Waals surface area contributed by atoms with E-state index in [1.54, 1.807) is 0 Å². The van der Waals surface area contributed by atoms with E-state index in [1.165, 1.54) is 17.5 Å². The molecule has 1 saturated heterocycles. The van der Waals surface area contributed by atoms with E-state index in [1.807, 2.05) is 0 Å². The van der Waals surface area contributed by atoms with E-state index < -0.39 is 0 Å². The van der Waals surface area contributed by atoms with E-state index in [0.29, 0.717) is 23.7 Å². The quantitative estimate of drug-likeness (QED) is 0.867. The fourth-order valence-corrected chi connectivity index (χ4v) is 4.86. The molecule has 0 unspecified atom stereocenters. The van der Waals surface area contributed by atoms with Crippen LogP contribution < -0.4 is 5.32 Å². The van der Waals surface area contributed by atoms with Crippen molar-refractivity contribution < 1.29 is 4.79 Å². The molecular formula is C22H29N5O. The first-order valence-corrected chi connectivity index (χ1v) is 10.7. The number of rotatable bonds is 5. The number of hydrogen-bond donors (Lipinski definition) is 1. The third-order valence-electron chi connectivity index (χ3n) is 6.82. The maximum atomic E-state index is 12.6. The molecule has 148 valence electrons. The molecule has 1 N–H and O–H groups in total. The van der Waals surface area contributed by atoms with Gasteiger partial charge in [0.15, 0.2) is 0 Å².